The van der Waals surface area contributed by atoms with Crippen molar-refractivity contribution < 1.29 is 25.9 Å². The molecule has 0 aliphatic heterocycles. The Morgan fingerprint density at radius 2 is 0.900 bits per heavy atom. The van der Waals surface area contributed by atoms with Crippen molar-refractivity contribution in [3.8, 4) is 0 Å². The van der Waals surface area contributed by atoms with E-state index in [0.717, 1.165) is 0 Å². The third kappa shape index (κ3) is 1220. The molecule has 6 nitrogen and oxygen atoms in total. The van der Waals surface area contributed by atoms with Crippen LogP contribution in [0.25, 0.3) is 0 Å². The third-order valence-corrected chi connectivity index (χ3v) is 0. The molecule has 0 aliphatic carbocycles. The van der Waals surface area contributed by atoms with E-state index in [1.807, 2.05) is 15.4 Å². The van der Waals surface area contributed by atoms with Crippen LogP contribution in [0.2, 0.25) is 0 Å². The Bertz CT molecular complexity index is 133. The van der Waals surface area contributed by atoms with Gasteiger partial charge < -0.3 is 9.11 Å². The number of halogens is 1. The summed E-state index contributed by atoms with van der Waals surface area (Å²) >= 11 is 1.89. The van der Waals surface area contributed by atoms with Crippen LogP contribution in [0.1, 0.15) is 0 Å². The molecule has 0 saturated carbocycles. The number of hydrogen-bond acceptors (Lipinski definition) is 6. The van der Waals surface area contributed by atoms with Gasteiger partial charge in [-0.1, -0.05) is 0 Å². The summed E-state index contributed by atoms with van der Waals surface area (Å²) in [4.78, 5) is 0. The quantitative estimate of drug-likeness (QED) is 0.273. The first kappa shape index (κ1) is 16.9. The first-order chi connectivity index (χ1) is 4.46. The molecule has 0 fully saturated rings. The molecule has 0 aromatic carbocycles. The zero-order chi connectivity index (χ0) is 9.15. The van der Waals surface area contributed by atoms with Gasteiger partial charge in [0.05, 0.1) is 22.0 Å². The van der Waals surface area contributed by atoms with Gasteiger partial charge in [0.15, 0.2) is 0 Å². The van der Waals surface area contributed by atoms with Crippen molar-refractivity contribution in [2.45, 2.75) is 0 Å². The molecule has 0 saturated heterocycles. The maximum atomic E-state index is 8.48. The molecule has 0 aliphatic rings. The molecule has 0 aromatic heterocycles. The average Bonchev–Trinajstić information content (AvgIpc) is 1.66. The van der Waals surface area contributed by atoms with Gasteiger partial charge >= 0.3 is 25.4 Å². The van der Waals surface area contributed by atoms with Gasteiger partial charge in [-0.15, -0.1) is 0 Å². The van der Waals surface area contributed by atoms with E-state index in [2.05, 4.69) is 10.0 Å². The molecular formula is H2AlClO6S2. The van der Waals surface area contributed by atoms with E-state index >= 15 is 0 Å². The minimum absolute atomic E-state index is 1.89. The van der Waals surface area contributed by atoms with E-state index in [1.165, 1.54) is 0 Å². The van der Waals surface area contributed by atoms with Gasteiger partial charge in [0.25, 0.3) is 0 Å². The van der Waals surface area contributed by atoms with Gasteiger partial charge in [-0.25, -0.2) is 16.8 Å². The molecule has 10 heteroatoms. The molecule has 0 atom stereocenters. The van der Waals surface area contributed by atoms with Crippen molar-refractivity contribution in [3.63, 3.8) is 0 Å². The van der Waals surface area contributed by atoms with Crippen LogP contribution in [0.15, 0.2) is 0 Å². The summed E-state index contributed by atoms with van der Waals surface area (Å²) < 4.78 is 50.9. The van der Waals surface area contributed by atoms with Crippen LogP contribution in [0.5, 0.6) is 0 Å². The summed E-state index contributed by atoms with van der Waals surface area (Å²) in [5, 5.41) is 0. The van der Waals surface area contributed by atoms with E-state index in [1.54, 1.807) is 0 Å². The second-order valence-corrected chi connectivity index (χ2v) is 1.34. The van der Waals surface area contributed by atoms with Gasteiger partial charge in [-0.2, -0.15) is 0 Å². The molecule has 0 spiro atoms. The molecule has 0 bridgehead atoms. The first-order valence-corrected chi connectivity index (χ1v) is 5.25. The fraction of sp³-hybridized carbons (Fsp3) is 0. The predicted octanol–water partition coefficient (Wildman–Crippen LogP) is -2.23. The van der Waals surface area contributed by atoms with Crippen LogP contribution in [-0.4, -0.2) is 41.3 Å². The van der Waals surface area contributed by atoms with E-state index in [4.69, 9.17) is 25.9 Å². The molecule has 10 heavy (non-hydrogen) atoms. The van der Waals surface area contributed by atoms with Crippen molar-refractivity contribution in [2.24, 2.45) is 0 Å². The van der Waals surface area contributed by atoms with Crippen molar-refractivity contribution in [2.75, 3.05) is 0 Å². The Morgan fingerprint density at radius 3 is 0.900 bits per heavy atom. The van der Waals surface area contributed by atoms with Crippen molar-refractivity contribution in [1.82, 2.24) is 0 Å². The van der Waals surface area contributed by atoms with E-state index in [9.17, 15) is 0 Å². The summed E-state index contributed by atoms with van der Waals surface area (Å²) in [6.45, 7) is 0. The van der Waals surface area contributed by atoms with Crippen LogP contribution in [0.4, 0.5) is 0 Å². The van der Waals surface area contributed by atoms with E-state index < -0.39 is 22.0 Å². The topological polar surface area (TPSA) is 114 Å². The summed E-state index contributed by atoms with van der Waals surface area (Å²) in [6, 6.07) is 0. The molecule has 0 aromatic rings. The Balaban J connectivity index is -0.0000000787. The summed E-state index contributed by atoms with van der Waals surface area (Å²) in [5.41, 5.74) is 0. The average molecular weight is 225 g/mol. The zero-order valence-electron chi connectivity index (χ0n) is 4.30. The van der Waals surface area contributed by atoms with Gasteiger partial charge in [0.1, 0.15) is 0 Å². The minimum atomic E-state index is -3.37. The fourth-order valence-corrected chi connectivity index (χ4v) is 0. The van der Waals surface area contributed by atoms with Crippen LogP contribution >= 0.6 is 10.0 Å². The third-order valence-electron chi connectivity index (χ3n) is 0. The van der Waals surface area contributed by atoms with Gasteiger partial charge in [0, 0.05) is 0 Å². The molecule has 0 unspecified atom stereocenters. The molecule has 0 radical (unpaired) electrons. The predicted molar refractivity (Wildman–Crippen MR) is 33.8 cm³/mol. The van der Waals surface area contributed by atoms with Crippen LogP contribution in [0.3, 0.4) is 0 Å². The van der Waals surface area contributed by atoms with E-state index in [0.29, 0.717) is 0 Å². The molecular weight excluding hydrogens is 223 g/mol. The Labute approximate surface area is 73.4 Å². The molecule has 60 valence electrons. The molecule has 0 N–H and O–H groups in total. The summed E-state index contributed by atoms with van der Waals surface area (Å²) in [5.74, 6) is 0. The van der Waals surface area contributed by atoms with Crippen LogP contribution in [0, 0.1) is 0 Å². The standard InChI is InChI=1S/Al.ClH.2H2O3S/c;;2*1-4(2)3/h;1H;2*4H,(H,1,2,3)/q+3;;;/p-3. The Kier molecular flexibility index (Phi) is 27.7. The van der Waals surface area contributed by atoms with Crippen molar-refractivity contribution in [1.29, 1.82) is 0 Å². The Morgan fingerprint density at radius 1 is 0.900 bits per heavy atom. The zero-order valence-corrected chi connectivity index (χ0v) is 8.00. The normalized spacial score (nSPS) is 7.50. The van der Waals surface area contributed by atoms with Crippen molar-refractivity contribution >= 4 is 47.4 Å². The van der Waals surface area contributed by atoms with E-state index in [-0.39, 0.29) is 0 Å². The molecule has 0 amide bonds. The monoisotopic (exact) mass is 224 g/mol. The molecule has 0 heterocycles. The number of rotatable bonds is 0. The first-order valence-electron chi connectivity index (χ1n) is 1.31. The van der Waals surface area contributed by atoms with Crippen LogP contribution < -0.4 is 0 Å². The fourth-order valence-electron chi connectivity index (χ4n) is 0. The summed E-state index contributed by atoms with van der Waals surface area (Å²) in [7, 11) is -2.19. The number of thiol groups is 2. The van der Waals surface area contributed by atoms with Crippen LogP contribution in [-0.2, 0) is 22.0 Å². The number of hydrogen-bond donors (Lipinski definition) is 2. The molecule has 0 rings (SSSR count). The second-order valence-electron chi connectivity index (χ2n) is 0.447. The van der Waals surface area contributed by atoms with Crippen molar-refractivity contribution in [3.05, 3.63) is 0 Å². The second kappa shape index (κ2) is 16.3. The maximum absolute atomic E-state index is 8.48. The van der Waals surface area contributed by atoms with Gasteiger partial charge in [-0.3, -0.25) is 0 Å². The SMILES string of the molecule is O=[SH](=O)[O-].O=[SH](=O)[O-].[Al+2][Cl]. The van der Waals surface area contributed by atoms with Gasteiger partial charge in [0.2, 0.25) is 0 Å². The summed E-state index contributed by atoms with van der Waals surface area (Å²) in [6.07, 6.45) is 0. The Hall–Kier alpha value is 0.642. The van der Waals surface area contributed by atoms with Gasteiger partial charge in [-0.05, 0) is 0 Å².